The van der Waals surface area contributed by atoms with Crippen LogP contribution in [0.15, 0.2) is 60.8 Å². The van der Waals surface area contributed by atoms with E-state index in [1.165, 1.54) is 11.1 Å². The molecule has 178 valence electrons. The first-order chi connectivity index (χ1) is 16.5. The summed E-state index contributed by atoms with van der Waals surface area (Å²) in [6.45, 7) is 8.29. The molecule has 1 saturated heterocycles. The van der Waals surface area contributed by atoms with E-state index >= 15 is 0 Å². The molecular weight excluding hydrogens is 424 g/mol. The highest BCUT2D eigenvalue weighted by Gasteiger charge is 2.22. The van der Waals surface area contributed by atoms with Crippen molar-refractivity contribution in [3.05, 3.63) is 89.0 Å². The maximum absolute atomic E-state index is 12.6. The van der Waals surface area contributed by atoms with Crippen molar-refractivity contribution in [2.45, 2.75) is 39.5 Å². The lowest BCUT2D eigenvalue weighted by Crippen LogP contribution is -2.49. The van der Waals surface area contributed by atoms with Gasteiger partial charge in [0.05, 0.1) is 0 Å². The first-order valence-corrected chi connectivity index (χ1v) is 12.2. The van der Waals surface area contributed by atoms with Gasteiger partial charge in [-0.2, -0.15) is 0 Å². The normalized spacial score (nSPS) is 14.2. The number of hydrogen-bond donors (Lipinski definition) is 0. The number of aromatic nitrogens is 2. The van der Waals surface area contributed by atoms with Crippen LogP contribution in [0.4, 0.5) is 4.79 Å². The number of benzene rings is 1. The fraction of sp³-hybridized carbons (Fsp3) is 0.393. The molecule has 0 radical (unpaired) electrons. The SMILES string of the molecule is Cc1ccnc(CCc2ccc(OC(=O)N3CCN(CCCc4cccc(C)n4)CC3)cc2)c1. The number of piperazine rings is 1. The Hall–Kier alpha value is -3.25. The van der Waals surface area contributed by atoms with E-state index in [2.05, 4.69) is 40.0 Å². The van der Waals surface area contributed by atoms with Gasteiger partial charge in [-0.15, -0.1) is 0 Å². The Morgan fingerprint density at radius 1 is 0.912 bits per heavy atom. The second-order valence-electron chi connectivity index (χ2n) is 9.04. The molecule has 6 nitrogen and oxygen atoms in total. The molecule has 1 aliphatic rings. The number of hydrogen-bond acceptors (Lipinski definition) is 5. The Bertz CT molecular complexity index is 1080. The highest BCUT2D eigenvalue weighted by atomic mass is 16.6. The average molecular weight is 459 g/mol. The molecule has 0 unspecified atom stereocenters. The maximum atomic E-state index is 12.6. The summed E-state index contributed by atoms with van der Waals surface area (Å²) in [5.41, 5.74) is 5.76. The van der Waals surface area contributed by atoms with Crippen molar-refractivity contribution in [3.8, 4) is 5.75 Å². The third-order valence-electron chi connectivity index (χ3n) is 6.25. The number of carbonyl (C=O) groups is 1. The molecule has 0 aliphatic carbocycles. The van der Waals surface area contributed by atoms with Crippen LogP contribution < -0.4 is 4.74 Å². The van der Waals surface area contributed by atoms with Crippen LogP contribution in [0, 0.1) is 13.8 Å². The van der Waals surface area contributed by atoms with Gasteiger partial charge in [0.25, 0.3) is 0 Å². The summed E-state index contributed by atoms with van der Waals surface area (Å²) in [4.78, 5) is 25.8. The molecule has 1 aromatic carbocycles. The Labute approximate surface area is 202 Å². The summed E-state index contributed by atoms with van der Waals surface area (Å²) < 4.78 is 5.62. The van der Waals surface area contributed by atoms with Crippen LogP contribution in [0.1, 0.15) is 34.6 Å². The number of ether oxygens (including phenoxy) is 1. The van der Waals surface area contributed by atoms with E-state index in [9.17, 15) is 4.79 Å². The van der Waals surface area contributed by atoms with E-state index in [4.69, 9.17) is 4.74 Å². The van der Waals surface area contributed by atoms with Gasteiger partial charge in [-0.3, -0.25) is 14.9 Å². The molecule has 34 heavy (non-hydrogen) atoms. The van der Waals surface area contributed by atoms with Gasteiger partial charge in [-0.1, -0.05) is 18.2 Å². The van der Waals surface area contributed by atoms with Gasteiger partial charge in [0.15, 0.2) is 0 Å². The van der Waals surface area contributed by atoms with Crippen molar-refractivity contribution in [2.24, 2.45) is 0 Å². The van der Waals surface area contributed by atoms with E-state index in [0.29, 0.717) is 18.8 Å². The quantitative estimate of drug-likeness (QED) is 0.493. The molecule has 6 heteroatoms. The van der Waals surface area contributed by atoms with Crippen molar-refractivity contribution < 1.29 is 9.53 Å². The van der Waals surface area contributed by atoms with Gasteiger partial charge in [-0.05, 0) is 93.6 Å². The summed E-state index contributed by atoms with van der Waals surface area (Å²) >= 11 is 0. The van der Waals surface area contributed by atoms with E-state index < -0.39 is 0 Å². The summed E-state index contributed by atoms with van der Waals surface area (Å²) in [5, 5.41) is 0. The van der Waals surface area contributed by atoms with Crippen molar-refractivity contribution in [1.29, 1.82) is 0 Å². The molecule has 0 saturated carbocycles. The number of amides is 1. The number of rotatable bonds is 8. The summed E-state index contributed by atoms with van der Waals surface area (Å²) in [6, 6.07) is 18.1. The molecule has 0 N–H and O–H groups in total. The zero-order chi connectivity index (χ0) is 23.8. The number of pyridine rings is 2. The molecule has 3 aromatic rings. The second-order valence-corrected chi connectivity index (χ2v) is 9.04. The molecule has 1 amide bonds. The molecule has 1 fully saturated rings. The van der Waals surface area contributed by atoms with Crippen molar-refractivity contribution in [1.82, 2.24) is 19.8 Å². The predicted octanol–water partition coefficient (Wildman–Crippen LogP) is 4.63. The van der Waals surface area contributed by atoms with E-state index in [0.717, 1.165) is 62.4 Å². The Balaban J connectivity index is 1.16. The van der Waals surface area contributed by atoms with E-state index in [1.807, 2.05) is 49.5 Å². The Morgan fingerprint density at radius 3 is 2.44 bits per heavy atom. The second kappa shape index (κ2) is 11.7. The lowest BCUT2D eigenvalue weighted by Gasteiger charge is -2.34. The molecule has 0 bridgehead atoms. The Morgan fingerprint density at radius 2 is 1.71 bits per heavy atom. The minimum absolute atomic E-state index is 0.264. The molecular formula is C28H34N4O2. The predicted molar refractivity (Wildman–Crippen MR) is 134 cm³/mol. The zero-order valence-electron chi connectivity index (χ0n) is 20.2. The van der Waals surface area contributed by atoms with Crippen LogP contribution >= 0.6 is 0 Å². The molecule has 4 rings (SSSR count). The first kappa shape index (κ1) is 23.9. The molecule has 0 spiro atoms. The minimum Gasteiger partial charge on any atom is -0.410 e. The fourth-order valence-electron chi connectivity index (χ4n) is 4.27. The van der Waals surface area contributed by atoms with Crippen molar-refractivity contribution in [3.63, 3.8) is 0 Å². The topological polar surface area (TPSA) is 58.6 Å². The van der Waals surface area contributed by atoms with E-state index in [-0.39, 0.29) is 6.09 Å². The van der Waals surface area contributed by atoms with Crippen LogP contribution in [-0.2, 0) is 19.3 Å². The monoisotopic (exact) mass is 458 g/mol. The lowest BCUT2D eigenvalue weighted by atomic mass is 10.1. The van der Waals surface area contributed by atoms with E-state index in [1.54, 1.807) is 4.90 Å². The van der Waals surface area contributed by atoms with Gasteiger partial charge in [0, 0.05) is 49.5 Å². The molecule has 0 atom stereocenters. The minimum atomic E-state index is -0.264. The van der Waals surface area contributed by atoms with Crippen LogP contribution in [0.2, 0.25) is 0 Å². The number of nitrogens with zero attached hydrogens (tertiary/aromatic N) is 4. The lowest BCUT2D eigenvalue weighted by molar-refractivity contribution is 0.110. The van der Waals surface area contributed by atoms with Crippen LogP contribution in [-0.4, -0.2) is 58.6 Å². The van der Waals surface area contributed by atoms with Crippen molar-refractivity contribution >= 4 is 6.09 Å². The van der Waals surface area contributed by atoms with Crippen molar-refractivity contribution in [2.75, 3.05) is 32.7 Å². The van der Waals surface area contributed by atoms with Crippen LogP contribution in [0.25, 0.3) is 0 Å². The molecule has 2 aromatic heterocycles. The molecule has 1 aliphatic heterocycles. The number of carbonyl (C=O) groups excluding carboxylic acids is 1. The summed E-state index contributed by atoms with van der Waals surface area (Å²) in [6.07, 6.45) is 5.46. The highest BCUT2D eigenvalue weighted by molar-refractivity contribution is 5.70. The fourth-order valence-corrected chi connectivity index (χ4v) is 4.27. The van der Waals surface area contributed by atoms with Gasteiger partial charge >= 0.3 is 6.09 Å². The van der Waals surface area contributed by atoms with Crippen LogP contribution in [0.5, 0.6) is 5.75 Å². The van der Waals surface area contributed by atoms with Crippen LogP contribution in [0.3, 0.4) is 0 Å². The number of aryl methyl sites for hydroxylation is 5. The standard InChI is InChI=1S/C28H34N4O2/c1-22-14-15-29-26(21-22)11-8-24-9-12-27(13-10-24)34-28(33)32-19-17-31(18-20-32)16-4-7-25-6-3-5-23(2)30-25/h3,5-6,9-10,12-15,21H,4,7-8,11,16-20H2,1-2H3. The third kappa shape index (κ3) is 7.12. The zero-order valence-corrected chi connectivity index (χ0v) is 20.2. The summed E-state index contributed by atoms with van der Waals surface area (Å²) in [5.74, 6) is 0.593. The third-order valence-corrected chi connectivity index (χ3v) is 6.25. The van der Waals surface area contributed by atoms with Gasteiger partial charge in [0.2, 0.25) is 0 Å². The first-order valence-electron chi connectivity index (χ1n) is 12.2. The Kier molecular flexibility index (Phi) is 8.26. The summed E-state index contributed by atoms with van der Waals surface area (Å²) in [7, 11) is 0. The average Bonchev–Trinajstić information content (AvgIpc) is 2.84. The largest absolute Gasteiger partial charge is 0.415 e. The highest BCUT2D eigenvalue weighted by Crippen LogP contribution is 2.16. The maximum Gasteiger partial charge on any atom is 0.415 e. The smallest absolute Gasteiger partial charge is 0.410 e. The van der Waals surface area contributed by atoms with Gasteiger partial charge in [-0.25, -0.2) is 4.79 Å². The van der Waals surface area contributed by atoms with Gasteiger partial charge in [0.1, 0.15) is 5.75 Å². The van der Waals surface area contributed by atoms with Gasteiger partial charge < -0.3 is 9.64 Å². The molecule has 3 heterocycles.